The second-order valence-corrected chi connectivity index (χ2v) is 7.98. The summed E-state index contributed by atoms with van der Waals surface area (Å²) in [6, 6.07) is 8.47. The van der Waals surface area contributed by atoms with Gasteiger partial charge < -0.3 is 21.8 Å². The summed E-state index contributed by atoms with van der Waals surface area (Å²) in [5.41, 5.74) is 12.5. The van der Waals surface area contributed by atoms with E-state index in [1.165, 1.54) is 0 Å². The predicted molar refractivity (Wildman–Crippen MR) is 121 cm³/mol. The number of halogens is 1. The van der Waals surface area contributed by atoms with Gasteiger partial charge in [0.25, 0.3) is 5.56 Å². The largest absolute Gasteiger partial charge is 0.382 e. The smallest absolute Gasteiger partial charge is 0.266 e. The first-order chi connectivity index (χ1) is 15.5. The zero-order valence-electron chi connectivity index (χ0n) is 16.7. The van der Waals surface area contributed by atoms with Gasteiger partial charge in [0.1, 0.15) is 23.3 Å². The van der Waals surface area contributed by atoms with Crippen LogP contribution in [0.2, 0.25) is 5.02 Å². The maximum atomic E-state index is 13.5. The van der Waals surface area contributed by atoms with Gasteiger partial charge in [-0.05, 0) is 37.0 Å². The third-order valence-electron chi connectivity index (χ3n) is 5.45. The minimum atomic E-state index is -0.445. The summed E-state index contributed by atoms with van der Waals surface area (Å²) >= 11 is 6.39. The number of rotatable bonds is 5. The molecule has 11 heteroatoms. The molecule has 32 heavy (non-hydrogen) atoms. The third kappa shape index (κ3) is 3.29. The summed E-state index contributed by atoms with van der Waals surface area (Å²) in [6.45, 7) is 0. The molecular weight excluding hydrogens is 430 g/mol. The van der Waals surface area contributed by atoms with E-state index in [0.29, 0.717) is 27.4 Å². The Balaban J connectivity index is 1.75. The Morgan fingerprint density at radius 1 is 1.25 bits per heavy atom. The average Bonchev–Trinajstić information content (AvgIpc) is 3.46. The Kier molecular flexibility index (Phi) is 4.68. The molecule has 4 aromatic rings. The lowest BCUT2D eigenvalue weighted by atomic mass is 10.1. The van der Waals surface area contributed by atoms with Crippen molar-refractivity contribution >= 4 is 40.1 Å². The van der Waals surface area contributed by atoms with Gasteiger partial charge in [-0.1, -0.05) is 17.7 Å². The van der Waals surface area contributed by atoms with Crippen LogP contribution in [0.3, 0.4) is 0 Å². The Morgan fingerprint density at radius 3 is 2.75 bits per heavy atom. The van der Waals surface area contributed by atoms with Gasteiger partial charge >= 0.3 is 0 Å². The molecule has 0 saturated heterocycles. The Morgan fingerprint density at radius 2 is 2.06 bits per heavy atom. The molecule has 1 atom stereocenters. The molecular formula is C21H18ClN9O. The molecule has 1 aliphatic carbocycles. The Bertz CT molecular complexity index is 1430. The maximum absolute atomic E-state index is 13.5. The molecule has 1 fully saturated rings. The summed E-state index contributed by atoms with van der Waals surface area (Å²) in [5, 5.41) is 13.6. The SMILES string of the molecule is N#Cc1c(N)nc(N)nc1N[C@H](c1nc2c(Cl)cccc2c(=O)n1-c1cc[nH]c1)C1CC1. The molecule has 1 aromatic carbocycles. The molecule has 0 spiro atoms. The van der Waals surface area contributed by atoms with Crippen LogP contribution in [-0.2, 0) is 0 Å². The Hall–Kier alpha value is -4.10. The van der Waals surface area contributed by atoms with Crippen molar-refractivity contribution in [2.24, 2.45) is 5.92 Å². The first-order valence-corrected chi connectivity index (χ1v) is 10.3. The molecule has 3 heterocycles. The number of nitrogen functional groups attached to an aromatic ring is 2. The van der Waals surface area contributed by atoms with Crippen LogP contribution in [0.15, 0.2) is 41.5 Å². The number of nitrogens with zero attached hydrogens (tertiary/aromatic N) is 5. The van der Waals surface area contributed by atoms with Gasteiger partial charge in [-0.2, -0.15) is 15.2 Å². The van der Waals surface area contributed by atoms with Crippen molar-refractivity contribution in [1.82, 2.24) is 24.5 Å². The molecule has 6 N–H and O–H groups in total. The summed E-state index contributed by atoms with van der Waals surface area (Å²) in [4.78, 5) is 29.4. The molecule has 0 unspecified atom stereocenters. The van der Waals surface area contributed by atoms with Gasteiger partial charge in [-0.15, -0.1) is 0 Å². The van der Waals surface area contributed by atoms with Gasteiger partial charge in [0.05, 0.1) is 27.7 Å². The van der Waals surface area contributed by atoms with Crippen LogP contribution < -0.4 is 22.3 Å². The van der Waals surface area contributed by atoms with E-state index in [2.05, 4.69) is 20.3 Å². The number of anilines is 3. The first-order valence-electron chi connectivity index (χ1n) is 9.92. The summed E-state index contributed by atoms with van der Waals surface area (Å²) in [7, 11) is 0. The predicted octanol–water partition coefficient (Wildman–Crippen LogP) is 2.76. The molecule has 3 aromatic heterocycles. The highest BCUT2D eigenvalue weighted by Gasteiger charge is 2.37. The monoisotopic (exact) mass is 447 g/mol. The summed E-state index contributed by atoms with van der Waals surface area (Å²) < 4.78 is 1.55. The highest BCUT2D eigenvalue weighted by atomic mass is 35.5. The van der Waals surface area contributed by atoms with E-state index >= 15 is 0 Å². The second-order valence-electron chi connectivity index (χ2n) is 7.58. The van der Waals surface area contributed by atoms with Gasteiger partial charge in [-0.3, -0.25) is 9.36 Å². The maximum Gasteiger partial charge on any atom is 0.266 e. The molecule has 5 rings (SSSR count). The van der Waals surface area contributed by atoms with E-state index in [1.54, 1.807) is 41.2 Å². The number of H-pyrrole nitrogens is 1. The minimum absolute atomic E-state index is 0.0189. The van der Waals surface area contributed by atoms with Crippen molar-refractivity contribution < 1.29 is 0 Å². The number of hydrogen-bond donors (Lipinski definition) is 4. The van der Waals surface area contributed by atoms with E-state index in [0.717, 1.165) is 12.8 Å². The fourth-order valence-corrected chi connectivity index (χ4v) is 4.00. The highest BCUT2D eigenvalue weighted by Crippen LogP contribution is 2.43. The standard InChI is InChI=1S/C21H18ClN9O/c22-14-3-1-2-12-16(14)28-19(31(20(12)32)11-6-7-26-9-11)15(10-4-5-10)27-18-13(8-23)17(24)29-21(25)30-18/h1-3,6-7,9-10,15,26H,4-5H2,(H5,24,25,27,29,30)/t15-/m0/s1. The quantitative estimate of drug-likeness (QED) is 0.362. The zero-order chi connectivity index (χ0) is 22.4. The van der Waals surface area contributed by atoms with Crippen LogP contribution in [0, 0.1) is 17.2 Å². The van der Waals surface area contributed by atoms with Gasteiger partial charge in [0.2, 0.25) is 5.95 Å². The molecule has 0 radical (unpaired) electrons. The van der Waals surface area contributed by atoms with Crippen LogP contribution in [-0.4, -0.2) is 24.5 Å². The van der Waals surface area contributed by atoms with Crippen LogP contribution in [0.1, 0.15) is 30.3 Å². The van der Waals surface area contributed by atoms with Crippen molar-refractivity contribution in [2.45, 2.75) is 18.9 Å². The fourth-order valence-electron chi connectivity index (χ4n) is 3.78. The number of fused-ring (bicyclic) bond motifs is 1. The Labute approximate surface area is 186 Å². The fraction of sp³-hybridized carbons (Fsp3) is 0.190. The topological polar surface area (TPSA) is 164 Å². The number of benzene rings is 1. The number of hydrogen-bond acceptors (Lipinski definition) is 8. The van der Waals surface area contributed by atoms with Crippen molar-refractivity contribution in [3.8, 4) is 11.8 Å². The molecule has 0 aliphatic heterocycles. The average molecular weight is 448 g/mol. The molecule has 1 saturated carbocycles. The number of aromatic amines is 1. The summed E-state index contributed by atoms with van der Waals surface area (Å²) in [6.07, 6.45) is 5.28. The van der Waals surface area contributed by atoms with Crippen molar-refractivity contribution in [1.29, 1.82) is 5.26 Å². The molecule has 10 nitrogen and oxygen atoms in total. The van der Waals surface area contributed by atoms with Crippen LogP contribution in [0.5, 0.6) is 0 Å². The molecule has 1 aliphatic rings. The highest BCUT2D eigenvalue weighted by molar-refractivity contribution is 6.35. The number of aromatic nitrogens is 5. The van der Waals surface area contributed by atoms with Crippen molar-refractivity contribution in [3.05, 3.63) is 63.4 Å². The lowest BCUT2D eigenvalue weighted by Crippen LogP contribution is -2.29. The lowest BCUT2D eigenvalue weighted by Gasteiger charge is -2.23. The van der Waals surface area contributed by atoms with Crippen LogP contribution >= 0.6 is 11.6 Å². The van der Waals surface area contributed by atoms with Gasteiger partial charge in [-0.25, -0.2) is 4.98 Å². The van der Waals surface area contributed by atoms with E-state index in [4.69, 9.17) is 28.1 Å². The van der Waals surface area contributed by atoms with Crippen LogP contribution in [0.25, 0.3) is 16.6 Å². The van der Waals surface area contributed by atoms with Gasteiger partial charge in [0, 0.05) is 12.4 Å². The third-order valence-corrected chi connectivity index (χ3v) is 5.75. The molecule has 0 amide bonds. The summed E-state index contributed by atoms with van der Waals surface area (Å²) in [5.74, 6) is 0.738. The van der Waals surface area contributed by atoms with Crippen molar-refractivity contribution in [3.63, 3.8) is 0 Å². The lowest BCUT2D eigenvalue weighted by molar-refractivity contribution is 0.609. The number of nitrogens with two attached hydrogens (primary N) is 2. The number of nitriles is 1. The second kappa shape index (κ2) is 7.55. The molecule has 160 valence electrons. The first kappa shape index (κ1) is 19.8. The van der Waals surface area contributed by atoms with Crippen LogP contribution in [0.4, 0.5) is 17.6 Å². The zero-order valence-corrected chi connectivity index (χ0v) is 17.5. The van der Waals surface area contributed by atoms with E-state index in [1.807, 2.05) is 6.07 Å². The number of nitrogens with one attached hydrogen (secondary N) is 2. The van der Waals surface area contributed by atoms with Gasteiger partial charge in [0.15, 0.2) is 5.82 Å². The minimum Gasteiger partial charge on any atom is -0.382 e. The van der Waals surface area contributed by atoms with Crippen molar-refractivity contribution in [2.75, 3.05) is 16.8 Å². The normalized spacial score (nSPS) is 14.2. The number of para-hydroxylation sites is 1. The van der Waals surface area contributed by atoms with E-state index in [9.17, 15) is 10.1 Å². The molecule has 0 bridgehead atoms. The van der Waals surface area contributed by atoms with E-state index < -0.39 is 6.04 Å². The van der Waals surface area contributed by atoms with E-state index in [-0.39, 0.29) is 34.6 Å².